The fourth-order valence-electron chi connectivity index (χ4n) is 10.3. The summed E-state index contributed by atoms with van der Waals surface area (Å²) < 4.78 is 38.1. The number of likely N-dealkylation sites (N-methyl/N-ethyl adjacent to an activating group) is 1. The van der Waals surface area contributed by atoms with Crippen molar-refractivity contribution in [3.8, 4) is 22.4 Å². The van der Waals surface area contributed by atoms with Crippen LogP contribution < -0.4 is 25.2 Å². The predicted octanol–water partition coefficient (Wildman–Crippen LogP) is 9.42. The van der Waals surface area contributed by atoms with Gasteiger partial charge in [-0.15, -0.1) is 11.8 Å². The highest BCUT2D eigenvalue weighted by molar-refractivity contribution is 7.99. The van der Waals surface area contributed by atoms with E-state index in [1.54, 1.807) is 12.1 Å². The van der Waals surface area contributed by atoms with Crippen LogP contribution >= 0.6 is 23.4 Å². The lowest BCUT2D eigenvalue weighted by molar-refractivity contribution is 0.0370. The number of rotatable bonds is 20. The number of nitrogens with one attached hydrogen (secondary N) is 3. The molecule has 3 saturated heterocycles. The van der Waals surface area contributed by atoms with Crippen molar-refractivity contribution in [2.45, 2.75) is 42.5 Å². The summed E-state index contributed by atoms with van der Waals surface area (Å²) in [6, 6.07) is 40.1. The average Bonchev–Trinajstić information content (AvgIpc) is 3.69. The van der Waals surface area contributed by atoms with E-state index >= 15 is 0 Å². The van der Waals surface area contributed by atoms with Crippen molar-refractivity contribution >= 4 is 62.0 Å². The fraction of sp³-hybridized carbons (Fsp3) is 0.397. The van der Waals surface area contributed by atoms with Gasteiger partial charge < -0.3 is 39.5 Å². The number of carbonyl (C=O) groups is 1. The van der Waals surface area contributed by atoms with Gasteiger partial charge in [-0.3, -0.25) is 14.4 Å². The summed E-state index contributed by atoms with van der Waals surface area (Å²) >= 11 is 8.20. The van der Waals surface area contributed by atoms with E-state index in [9.17, 15) is 13.2 Å². The Labute approximate surface area is 448 Å². The number of ether oxygens (including phenoxy) is 1. The molecule has 16 heteroatoms. The molecule has 3 aliphatic heterocycles. The van der Waals surface area contributed by atoms with Crippen molar-refractivity contribution in [3.63, 3.8) is 0 Å². The van der Waals surface area contributed by atoms with Crippen LogP contribution in [0.3, 0.4) is 0 Å². The first-order valence-corrected chi connectivity index (χ1v) is 29.0. The lowest BCUT2D eigenvalue weighted by atomic mass is 9.95. The molecule has 13 nitrogen and oxygen atoms in total. The summed E-state index contributed by atoms with van der Waals surface area (Å²) in [4.78, 5) is 27.7. The molecule has 74 heavy (non-hydrogen) atoms. The Balaban J connectivity index is 0.828. The summed E-state index contributed by atoms with van der Waals surface area (Å²) in [6.45, 7) is 17.4. The SMILES string of the molecule is Cc1cc(S(=O)(=O)Nc2ccc(N3CCN(c4cccc(-c5c(C(=O)NCCCN6CCN(C)CC6)c(C)n(C)c5-c5ccc(Cl)cc5)c4)CC3)cc2)ccc1N[C@H](CCN1CCOCC1)CSc1ccccc1. The molecule has 0 spiro atoms. The third-order valence-electron chi connectivity index (χ3n) is 14.8. The number of aryl methyl sites for hydroxylation is 1. The maximum Gasteiger partial charge on any atom is 0.261 e. The van der Waals surface area contributed by atoms with Crippen LogP contribution in [0.4, 0.5) is 22.7 Å². The summed E-state index contributed by atoms with van der Waals surface area (Å²) in [5.74, 6) is 0.827. The molecule has 5 aromatic carbocycles. The number of piperazine rings is 2. The van der Waals surface area contributed by atoms with Gasteiger partial charge in [0.1, 0.15) is 0 Å². The molecule has 3 aliphatic rings. The third-order valence-corrected chi connectivity index (χ3v) is 17.6. The van der Waals surface area contributed by atoms with Gasteiger partial charge in [0, 0.05) is 141 Å². The average molecular weight is 1060 g/mol. The Bertz CT molecular complexity index is 2920. The second-order valence-electron chi connectivity index (χ2n) is 19.9. The van der Waals surface area contributed by atoms with E-state index in [1.165, 1.54) is 4.90 Å². The number of anilines is 4. The van der Waals surface area contributed by atoms with E-state index in [2.05, 4.69) is 100 Å². The van der Waals surface area contributed by atoms with Gasteiger partial charge in [0.15, 0.2) is 0 Å². The molecule has 4 heterocycles. The zero-order valence-corrected chi connectivity index (χ0v) is 45.8. The zero-order valence-electron chi connectivity index (χ0n) is 43.4. The molecule has 0 aliphatic carbocycles. The molecule has 1 amide bonds. The van der Waals surface area contributed by atoms with E-state index in [-0.39, 0.29) is 16.8 Å². The summed E-state index contributed by atoms with van der Waals surface area (Å²) in [5.41, 5.74) is 9.93. The smallest absolute Gasteiger partial charge is 0.261 e. The Morgan fingerprint density at radius 3 is 2.11 bits per heavy atom. The monoisotopic (exact) mass is 1060 g/mol. The zero-order chi connectivity index (χ0) is 51.6. The highest BCUT2D eigenvalue weighted by Crippen LogP contribution is 2.40. The number of hydrogen-bond acceptors (Lipinski definition) is 11. The second kappa shape index (κ2) is 24.9. The number of morpholine rings is 1. The van der Waals surface area contributed by atoms with E-state index in [4.69, 9.17) is 16.3 Å². The fourth-order valence-corrected chi connectivity index (χ4v) is 12.5. The normalized spacial score (nSPS) is 16.6. The van der Waals surface area contributed by atoms with Crippen molar-refractivity contribution in [1.29, 1.82) is 0 Å². The summed E-state index contributed by atoms with van der Waals surface area (Å²) in [6.07, 6.45) is 1.86. The molecule has 0 saturated carbocycles. The van der Waals surface area contributed by atoms with Crippen molar-refractivity contribution in [1.82, 2.24) is 24.6 Å². The number of sulfonamides is 1. The molecule has 392 valence electrons. The first kappa shape index (κ1) is 53.3. The minimum Gasteiger partial charge on any atom is -0.381 e. The van der Waals surface area contributed by atoms with Gasteiger partial charge in [-0.1, -0.05) is 54.1 Å². The Morgan fingerprint density at radius 1 is 0.716 bits per heavy atom. The number of aromatic nitrogens is 1. The van der Waals surface area contributed by atoms with Gasteiger partial charge in [-0.2, -0.15) is 0 Å². The molecular formula is C58H72ClN9O4S2. The van der Waals surface area contributed by atoms with Crippen molar-refractivity contribution in [2.75, 3.05) is 131 Å². The van der Waals surface area contributed by atoms with E-state index in [0.717, 1.165) is 161 Å². The van der Waals surface area contributed by atoms with Crippen LogP contribution in [-0.2, 0) is 21.8 Å². The lowest BCUT2D eigenvalue weighted by Gasteiger charge is -2.37. The first-order valence-electron chi connectivity index (χ1n) is 26.1. The number of thioether (sulfide) groups is 1. The largest absolute Gasteiger partial charge is 0.381 e. The van der Waals surface area contributed by atoms with Gasteiger partial charge in [-0.05, 0) is 136 Å². The van der Waals surface area contributed by atoms with Crippen LogP contribution in [0.5, 0.6) is 0 Å². The molecule has 9 rings (SSSR count). The van der Waals surface area contributed by atoms with Crippen LogP contribution in [-0.4, -0.2) is 151 Å². The highest BCUT2D eigenvalue weighted by atomic mass is 35.5. The van der Waals surface area contributed by atoms with E-state index in [0.29, 0.717) is 22.8 Å². The number of halogens is 1. The molecule has 1 atom stereocenters. The maximum absolute atomic E-state index is 14.3. The summed E-state index contributed by atoms with van der Waals surface area (Å²) in [5, 5.41) is 7.70. The standard InChI is InChI=1S/C58H72ClN9O4S2/c1-43-40-53(22-23-54(43)61-49(24-27-66-36-38-72-39-37-66)42-73-52-12-6-5-7-13-52)74(70,71)62-48-18-20-50(21-19-48)67-32-34-68(35-33-67)51-11-8-10-46(41-51)56-55(44(2)64(4)57(56)45-14-16-47(59)17-15-45)58(69)60-25-9-26-65-30-28-63(3)29-31-65/h5-8,10-23,40-41,49,61-62H,9,24-39,42H2,1-4H3,(H,60,69)/t49-/m1/s1. The second-order valence-corrected chi connectivity index (χ2v) is 23.1. The van der Waals surface area contributed by atoms with Gasteiger partial charge in [0.05, 0.1) is 29.4 Å². The van der Waals surface area contributed by atoms with Crippen LogP contribution in [0.25, 0.3) is 22.4 Å². The van der Waals surface area contributed by atoms with Crippen molar-refractivity contribution < 1.29 is 17.9 Å². The van der Waals surface area contributed by atoms with Crippen LogP contribution in [0.15, 0.2) is 131 Å². The topological polar surface area (TPSA) is 118 Å². The van der Waals surface area contributed by atoms with Gasteiger partial charge in [0.25, 0.3) is 15.9 Å². The quantitative estimate of drug-likeness (QED) is 0.0502. The van der Waals surface area contributed by atoms with Crippen LogP contribution in [0, 0.1) is 13.8 Å². The van der Waals surface area contributed by atoms with Gasteiger partial charge >= 0.3 is 0 Å². The first-order chi connectivity index (χ1) is 35.9. The molecule has 3 fully saturated rings. The number of amides is 1. The number of hydrogen-bond donors (Lipinski definition) is 3. The van der Waals surface area contributed by atoms with E-state index in [1.807, 2.05) is 93.3 Å². The third kappa shape index (κ3) is 13.5. The number of nitrogens with zero attached hydrogens (tertiary/aromatic N) is 6. The molecule has 0 unspecified atom stereocenters. The molecule has 1 aromatic heterocycles. The Hall–Kier alpha value is -5.52. The van der Waals surface area contributed by atoms with Gasteiger partial charge in [0.2, 0.25) is 0 Å². The number of benzene rings is 5. The molecule has 0 bridgehead atoms. The lowest BCUT2D eigenvalue weighted by Crippen LogP contribution is -2.46. The number of carbonyl (C=O) groups excluding carboxylic acids is 1. The highest BCUT2D eigenvalue weighted by Gasteiger charge is 2.28. The minimum absolute atomic E-state index is 0.0598. The molecule has 6 aromatic rings. The van der Waals surface area contributed by atoms with Crippen molar-refractivity contribution in [3.05, 3.63) is 143 Å². The van der Waals surface area contributed by atoms with Gasteiger partial charge in [-0.25, -0.2) is 8.42 Å². The minimum atomic E-state index is -3.84. The molecule has 0 radical (unpaired) electrons. The molecule has 3 N–H and O–H groups in total. The van der Waals surface area contributed by atoms with Crippen LogP contribution in [0.1, 0.15) is 34.5 Å². The summed E-state index contributed by atoms with van der Waals surface area (Å²) in [7, 11) is 0.359. The Morgan fingerprint density at radius 2 is 1.41 bits per heavy atom. The molecular weight excluding hydrogens is 986 g/mol. The maximum atomic E-state index is 14.3. The van der Waals surface area contributed by atoms with Crippen LogP contribution in [0.2, 0.25) is 5.02 Å². The Kier molecular flexibility index (Phi) is 17.9. The predicted molar refractivity (Wildman–Crippen MR) is 306 cm³/mol. The van der Waals surface area contributed by atoms with Crippen molar-refractivity contribution in [2.24, 2.45) is 7.05 Å². The van der Waals surface area contributed by atoms with E-state index < -0.39 is 10.0 Å².